The number of anilines is 2. The molecule has 0 aliphatic carbocycles. The molecule has 0 aliphatic heterocycles. The molecule has 2 rings (SSSR count). The van der Waals surface area contributed by atoms with Crippen LogP contribution in [-0.2, 0) is 0 Å². The summed E-state index contributed by atoms with van der Waals surface area (Å²) in [5, 5.41) is 2.86. The summed E-state index contributed by atoms with van der Waals surface area (Å²) in [6, 6.07) is 10.7. The van der Waals surface area contributed by atoms with E-state index in [0.717, 1.165) is 15.7 Å². The Labute approximate surface area is 132 Å². The molecule has 3 N–H and O–H groups in total. The largest absolute Gasteiger partial charge is 0.492 e. The fourth-order valence-corrected chi connectivity index (χ4v) is 2.28. The van der Waals surface area contributed by atoms with E-state index >= 15 is 0 Å². The molecule has 5 heteroatoms. The van der Waals surface area contributed by atoms with E-state index in [2.05, 4.69) is 21.2 Å². The van der Waals surface area contributed by atoms with Gasteiger partial charge in [0, 0.05) is 10.0 Å². The number of carbonyl (C=O) groups excluding carboxylic acids is 1. The summed E-state index contributed by atoms with van der Waals surface area (Å²) in [6.45, 7) is 4.38. The molecule has 0 saturated carbocycles. The Morgan fingerprint density at radius 2 is 2.10 bits per heavy atom. The summed E-state index contributed by atoms with van der Waals surface area (Å²) < 4.78 is 6.23. The van der Waals surface area contributed by atoms with Crippen LogP contribution in [0.25, 0.3) is 0 Å². The first-order valence-electron chi connectivity index (χ1n) is 6.61. The SMILES string of the molecule is CCOc1ccc(C(=O)Nc2cccc(C)c2Br)cc1N. The Morgan fingerprint density at radius 1 is 1.33 bits per heavy atom. The van der Waals surface area contributed by atoms with Crippen molar-refractivity contribution in [2.24, 2.45) is 0 Å². The molecule has 0 bridgehead atoms. The highest BCUT2D eigenvalue weighted by Crippen LogP contribution is 2.27. The number of halogens is 1. The third kappa shape index (κ3) is 3.55. The van der Waals surface area contributed by atoms with Crippen LogP contribution in [0.2, 0.25) is 0 Å². The topological polar surface area (TPSA) is 64.3 Å². The van der Waals surface area contributed by atoms with Gasteiger partial charge in [0.05, 0.1) is 18.0 Å². The van der Waals surface area contributed by atoms with Crippen LogP contribution in [0.3, 0.4) is 0 Å². The zero-order valence-corrected chi connectivity index (χ0v) is 13.5. The van der Waals surface area contributed by atoms with Gasteiger partial charge in [-0.2, -0.15) is 0 Å². The number of nitrogens with two attached hydrogens (primary N) is 1. The predicted octanol–water partition coefficient (Wildman–Crippen LogP) is 3.99. The fourth-order valence-electron chi connectivity index (χ4n) is 1.92. The third-order valence-electron chi connectivity index (χ3n) is 3.01. The smallest absolute Gasteiger partial charge is 0.255 e. The van der Waals surface area contributed by atoms with Crippen molar-refractivity contribution in [1.82, 2.24) is 0 Å². The number of hydrogen-bond donors (Lipinski definition) is 2. The average molecular weight is 349 g/mol. The van der Waals surface area contributed by atoms with Gasteiger partial charge < -0.3 is 15.8 Å². The molecule has 0 radical (unpaired) electrons. The number of amides is 1. The Hall–Kier alpha value is -2.01. The normalized spacial score (nSPS) is 10.2. The molecule has 21 heavy (non-hydrogen) atoms. The van der Waals surface area contributed by atoms with Crippen LogP contribution in [-0.4, -0.2) is 12.5 Å². The minimum absolute atomic E-state index is 0.212. The van der Waals surface area contributed by atoms with Crippen molar-refractivity contribution in [3.05, 3.63) is 52.0 Å². The number of carbonyl (C=O) groups is 1. The van der Waals surface area contributed by atoms with Crippen molar-refractivity contribution < 1.29 is 9.53 Å². The Bertz CT molecular complexity index is 671. The first-order chi connectivity index (χ1) is 10.0. The summed E-state index contributed by atoms with van der Waals surface area (Å²) in [5.74, 6) is 0.377. The molecule has 0 unspecified atom stereocenters. The molecule has 0 heterocycles. The lowest BCUT2D eigenvalue weighted by atomic mass is 10.1. The molecule has 0 aliphatic rings. The fraction of sp³-hybridized carbons (Fsp3) is 0.188. The van der Waals surface area contributed by atoms with Gasteiger partial charge in [0.1, 0.15) is 5.75 Å². The van der Waals surface area contributed by atoms with Crippen molar-refractivity contribution in [1.29, 1.82) is 0 Å². The van der Waals surface area contributed by atoms with Crippen molar-refractivity contribution in [2.45, 2.75) is 13.8 Å². The quantitative estimate of drug-likeness (QED) is 0.821. The number of benzene rings is 2. The third-order valence-corrected chi connectivity index (χ3v) is 4.06. The molecule has 0 atom stereocenters. The molecule has 2 aromatic carbocycles. The summed E-state index contributed by atoms with van der Waals surface area (Å²) >= 11 is 3.47. The summed E-state index contributed by atoms with van der Waals surface area (Å²) in [5.41, 5.74) is 8.60. The van der Waals surface area contributed by atoms with Crippen molar-refractivity contribution in [3.63, 3.8) is 0 Å². The van der Waals surface area contributed by atoms with Gasteiger partial charge in [0.15, 0.2) is 0 Å². The number of rotatable bonds is 4. The summed E-state index contributed by atoms with van der Waals surface area (Å²) in [6.07, 6.45) is 0. The van der Waals surface area contributed by atoms with Crippen LogP contribution in [0.4, 0.5) is 11.4 Å². The van der Waals surface area contributed by atoms with E-state index in [-0.39, 0.29) is 5.91 Å². The predicted molar refractivity (Wildman–Crippen MR) is 88.9 cm³/mol. The first kappa shape index (κ1) is 15.4. The van der Waals surface area contributed by atoms with E-state index in [1.54, 1.807) is 18.2 Å². The Morgan fingerprint density at radius 3 is 2.76 bits per heavy atom. The van der Waals surface area contributed by atoms with Gasteiger partial charge in [-0.3, -0.25) is 4.79 Å². The second kappa shape index (κ2) is 6.63. The van der Waals surface area contributed by atoms with Gasteiger partial charge in [-0.15, -0.1) is 0 Å². The van der Waals surface area contributed by atoms with Gasteiger partial charge in [-0.05, 0) is 59.6 Å². The van der Waals surface area contributed by atoms with Crippen molar-refractivity contribution in [3.8, 4) is 5.75 Å². The lowest BCUT2D eigenvalue weighted by Gasteiger charge is -2.11. The number of nitrogens with one attached hydrogen (secondary N) is 1. The average Bonchev–Trinajstić information content (AvgIpc) is 2.46. The number of aryl methyl sites for hydroxylation is 1. The van der Waals surface area contributed by atoms with Crippen molar-refractivity contribution in [2.75, 3.05) is 17.7 Å². The monoisotopic (exact) mass is 348 g/mol. The molecule has 0 saturated heterocycles. The zero-order valence-electron chi connectivity index (χ0n) is 11.9. The van der Waals surface area contributed by atoms with E-state index in [4.69, 9.17) is 10.5 Å². The van der Waals surface area contributed by atoms with Crippen LogP contribution in [0, 0.1) is 6.92 Å². The molecule has 0 aromatic heterocycles. The standard InChI is InChI=1S/C16H17BrN2O2/c1-3-21-14-8-7-11(9-12(14)18)16(20)19-13-6-4-5-10(2)15(13)17/h4-9H,3,18H2,1-2H3,(H,19,20). The van der Waals surface area contributed by atoms with E-state index < -0.39 is 0 Å². The van der Waals surface area contributed by atoms with Crippen LogP contribution in [0.15, 0.2) is 40.9 Å². The molecular formula is C16H17BrN2O2. The van der Waals surface area contributed by atoms with Gasteiger partial charge in [-0.25, -0.2) is 0 Å². The van der Waals surface area contributed by atoms with Gasteiger partial charge in [0.2, 0.25) is 0 Å². The maximum atomic E-state index is 12.3. The molecular weight excluding hydrogens is 332 g/mol. The number of ether oxygens (including phenoxy) is 1. The summed E-state index contributed by atoms with van der Waals surface area (Å²) in [7, 11) is 0. The number of nitrogen functional groups attached to an aromatic ring is 1. The molecule has 110 valence electrons. The maximum Gasteiger partial charge on any atom is 0.255 e. The van der Waals surface area contributed by atoms with E-state index in [1.165, 1.54) is 0 Å². The highest BCUT2D eigenvalue weighted by Gasteiger charge is 2.11. The zero-order chi connectivity index (χ0) is 15.4. The van der Waals surface area contributed by atoms with Crippen LogP contribution in [0.1, 0.15) is 22.8 Å². The van der Waals surface area contributed by atoms with Gasteiger partial charge in [-0.1, -0.05) is 12.1 Å². The number of hydrogen-bond acceptors (Lipinski definition) is 3. The molecule has 4 nitrogen and oxygen atoms in total. The molecule has 1 amide bonds. The molecule has 0 fully saturated rings. The van der Waals surface area contributed by atoms with Crippen molar-refractivity contribution >= 4 is 33.2 Å². The van der Waals surface area contributed by atoms with Crippen LogP contribution >= 0.6 is 15.9 Å². The Kier molecular flexibility index (Phi) is 4.85. The van der Waals surface area contributed by atoms with Crippen LogP contribution in [0.5, 0.6) is 5.75 Å². The minimum Gasteiger partial charge on any atom is -0.492 e. The summed E-state index contributed by atoms with van der Waals surface area (Å²) in [4.78, 5) is 12.3. The second-order valence-corrected chi connectivity index (χ2v) is 5.37. The van der Waals surface area contributed by atoms with E-state index in [0.29, 0.717) is 23.6 Å². The van der Waals surface area contributed by atoms with E-state index in [1.807, 2.05) is 32.0 Å². The minimum atomic E-state index is -0.212. The van der Waals surface area contributed by atoms with E-state index in [9.17, 15) is 4.79 Å². The van der Waals surface area contributed by atoms with Gasteiger partial charge >= 0.3 is 0 Å². The lowest BCUT2D eigenvalue weighted by molar-refractivity contribution is 0.102. The maximum absolute atomic E-state index is 12.3. The lowest BCUT2D eigenvalue weighted by Crippen LogP contribution is -2.13. The highest BCUT2D eigenvalue weighted by molar-refractivity contribution is 9.10. The van der Waals surface area contributed by atoms with Crippen LogP contribution < -0.4 is 15.8 Å². The Balaban J connectivity index is 2.21. The molecule has 0 spiro atoms. The first-order valence-corrected chi connectivity index (χ1v) is 7.41. The highest BCUT2D eigenvalue weighted by atomic mass is 79.9. The second-order valence-electron chi connectivity index (χ2n) is 4.58. The van der Waals surface area contributed by atoms with Gasteiger partial charge in [0.25, 0.3) is 5.91 Å². The molecule has 2 aromatic rings.